The number of aromatic nitrogens is 2. The number of hydrogen-bond donors (Lipinski definition) is 0. The van der Waals surface area contributed by atoms with Gasteiger partial charge in [-0.1, -0.05) is 41.9 Å². The number of benzene rings is 2. The Morgan fingerprint density at radius 2 is 1.84 bits per heavy atom. The maximum atomic E-state index is 12.3. The van der Waals surface area contributed by atoms with Crippen LogP contribution in [0.15, 0.2) is 71.7 Å². The highest BCUT2D eigenvalue weighted by Gasteiger charge is 2.07. The predicted octanol–water partition coefficient (Wildman–Crippen LogP) is 4.14. The molecule has 2 aromatic heterocycles. The predicted molar refractivity (Wildman–Crippen MR) is 103 cm³/mol. The normalized spacial score (nSPS) is 11.1. The van der Waals surface area contributed by atoms with E-state index in [1.54, 1.807) is 24.4 Å². The van der Waals surface area contributed by atoms with Gasteiger partial charge < -0.3 is 4.90 Å². The topological polar surface area (TPSA) is 37.6 Å². The minimum absolute atomic E-state index is 0.130. The van der Waals surface area contributed by atoms with Crippen molar-refractivity contribution in [2.45, 2.75) is 6.54 Å². The van der Waals surface area contributed by atoms with Crippen molar-refractivity contribution in [1.82, 2.24) is 9.38 Å². The molecule has 124 valence electrons. The summed E-state index contributed by atoms with van der Waals surface area (Å²) in [6.07, 6.45) is 1.59. The van der Waals surface area contributed by atoms with Crippen LogP contribution in [0.3, 0.4) is 0 Å². The first-order chi connectivity index (χ1) is 12.1. The molecule has 2 heterocycles. The number of anilines is 1. The van der Waals surface area contributed by atoms with Crippen molar-refractivity contribution in [1.29, 1.82) is 0 Å². The van der Waals surface area contributed by atoms with Crippen LogP contribution in [0.5, 0.6) is 0 Å². The number of fused-ring (bicyclic) bond motifs is 2. The molecule has 0 spiro atoms. The van der Waals surface area contributed by atoms with Gasteiger partial charge in [0.05, 0.1) is 17.3 Å². The summed E-state index contributed by atoms with van der Waals surface area (Å²) in [6, 6.07) is 19.6. The van der Waals surface area contributed by atoms with Crippen molar-refractivity contribution in [3.8, 4) is 0 Å². The van der Waals surface area contributed by atoms with E-state index >= 15 is 0 Å². The van der Waals surface area contributed by atoms with Gasteiger partial charge in [0.25, 0.3) is 5.56 Å². The lowest BCUT2D eigenvalue weighted by Gasteiger charge is -2.19. The van der Waals surface area contributed by atoms with Crippen LogP contribution in [0.2, 0.25) is 5.02 Å². The van der Waals surface area contributed by atoms with Crippen LogP contribution in [0.1, 0.15) is 5.69 Å². The average molecular weight is 350 g/mol. The van der Waals surface area contributed by atoms with Gasteiger partial charge in [0.15, 0.2) is 0 Å². The first-order valence-corrected chi connectivity index (χ1v) is 8.36. The number of hydrogen-bond acceptors (Lipinski definition) is 3. The molecule has 4 aromatic rings. The van der Waals surface area contributed by atoms with E-state index in [4.69, 9.17) is 11.6 Å². The second kappa shape index (κ2) is 6.22. The third-order valence-electron chi connectivity index (χ3n) is 4.25. The summed E-state index contributed by atoms with van der Waals surface area (Å²) < 4.78 is 1.46. The number of nitrogens with zero attached hydrogens (tertiary/aromatic N) is 3. The van der Waals surface area contributed by atoms with E-state index in [0.717, 1.165) is 11.4 Å². The van der Waals surface area contributed by atoms with Crippen LogP contribution in [0.4, 0.5) is 5.69 Å². The van der Waals surface area contributed by atoms with Gasteiger partial charge in [-0.05, 0) is 35.0 Å². The maximum Gasteiger partial charge on any atom is 0.258 e. The fourth-order valence-corrected chi connectivity index (χ4v) is 3.12. The molecule has 0 amide bonds. The summed E-state index contributed by atoms with van der Waals surface area (Å²) in [6.45, 7) is 0.548. The Morgan fingerprint density at radius 3 is 2.68 bits per heavy atom. The maximum absolute atomic E-state index is 12.3. The Kier molecular flexibility index (Phi) is 3.90. The van der Waals surface area contributed by atoms with Crippen LogP contribution in [0.25, 0.3) is 16.4 Å². The van der Waals surface area contributed by atoms with E-state index in [0.29, 0.717) is 17.2 Å². The quantitative estimate of drug-likeness (QED) is 0.558. The first kappa shape index (κ1) is 15.7. The fraction of sp³-hybridized carbons (Fsp3) is 0.100. The summed E-state index contributed by atoms with van der Waals surface area (Å²) in [5.74, 6) is 0. The molecular formula is C20H16ClN3O. The largest absolute Gasteiger partial charge is 0.369 e. The molecule has 0 N–H and O–H groups in total. The fourth-order valence-electron chi connectivity index (χ4n) is 2.96. The molecule has 0 atom stereocenters. The molecule has 0 saturated heterocycles. The van der Waals surface area contributed by atoms with E-state index in [1.807, 2.05) is 19.2 Å². The van der Waals surface area contributed by atoms with E-state index in [1.165, 1.54) is 15.2 Å². The van der Waals surface area contributed by atoms with Crippen molar-refractivity contribution in [2.75, 3.05) is 11.9 Å². The summed E-state index contributed by atoms with van der Waals surface area (Å²) in [5, 5.41) is 2.91. The number of halogens is 1. The molecule has 0 saturated carbocycles. The lowest BCUT2D eigenvalue weighted by molar-refractivity contribution is 0.871. The Hall–Kier alpha value is -2.85. The van der Waals surface area contributed by atoms with Crippen molar-refractivity contribution in [3.63, 3.8) is 0 Å². The molecule has 4 rings (SSSR count). The zero-order valence-corrected chi connectivity index (χ0v) is 14.4. The van der Waals surface area contributed by atoms with E-state index in [9.17, 15) is 4.79 Å². The van der Waals surface area contributed by atoms with Gasteiger partial charge in [-0.2, -0.15) is 0 Å². The highest BCUT2D eigenvalue weighted by molar-refractivity contribution is 6.30. The van der Waals surface area contributed by atoms with Crippen LogP contribution < -0.4 is 10.5 Å². The third-order valence-corrected chi connectivity index (χ3v) is 4.47. The van der Waals surface area contributed by atoms with Gasteiger partial charge >= 0.3 is 0 Å². The van der Waals surface area contributed by atoms with Gasteiger partial charge in [-0.25, -0.2) is 4.98 Å². The first-order valence-electron chi connectivity index (χ1n) is 7.98. The zero-order valence-electron chi connectivity index (χ0n) is 13.7. The van der Waals surface area contributed by atoms with Crippen LogP contribution in [0, 0.1) is 0 Å². The summed E-state index contributed by atoms with van der Waals surface area (Å²) in [4.78, 5) is 18.9. The molecule has 0 radical (unpaired) electrons. The molecule has 0 aliphatic carbocycles. The molecule has 4 nitrogen and oxygen atoms in total. The SMILES string of the molecule is CN(Cc1cc(=O)n2cc(Cl)ccc2n1)c1ccc2ccccc2c1. The van der Waals surface area contributed by atoms with Crippen LogP contribution in [-0.4, -0.2) is 16.4 Å². The minimum Gasteiger partial charge on any atom is -0.369 e. The second-order valence-corrected chi connectivity index (χ2v) is 6.49. The van der Waals surface area contributed by atoms with Crippen molar-refractivity contribution >= 4 is 33.7 Å². The summed E-state index contributed by atoms with van der Waals surface area (Å²) in [7, 11) is 2.00. The van der Waals surface area contributed by atoms with Gasteiger partial charge in [-0.15, -0.1) is 0 Å². The van der Waals surface area contributed by atoms with Gasteiger partial charge in [-0.3, -0.25) is 9.20 Å². The Bertz CT molecular complexity index is 1140. The lowest BCUT2D eigenvalue weighted by Crippen LogP contribution is -2.21. The monoisotopic (exact) mass is 349 g/mol. The molecule has 0 aliphatic heterocycles. The molecule has 0 fully saturated rings. The second-order valence-electron chi connectivity index (χ2n) is 6.05. The van der Waals surface area contributed by atoms with Gasteiger partial charge in [0.2, 0.25) is 0 Å². The van der Waals surface area contributed by atoms with Crippen molar-refractivity contribution in [2.24, 2.45) is 0 Å². The number of pyridine rings is 1. The third kappa shape index (κ3) is 3.08. The van der Waals surface area contributed by atoms with E-state index in [2.05, 4.69) is 40.2 Å². The minimum atomic E-state index is -0.130. The van der Waals surface area contributed by atoms with E-state index < -0.39 is 0 Å². The smallest absolute Gasteiger partial charge is 0.258 e. The molecule has 0 aliphatic rings. The van der Waals surface area contributed by atoms with Crippen LogP contribution in [-0.2, 0) is 6.54 Å². The standard InChI is InChI=1S/C20H16ClN3O/c1-23(18-8-6-14-4-2-3-5-15(14)10-18)13-17-11-20(25)24-12-16(21)7-9-19(24)22-17/h2-12H,13H2,1H3. The van der Waals surface area contributed by atoms with Crippen LogP contribution >= 0.6 is 11.6 Å². The number of rotatable bonds is 3. The summed E-state index contributed by atoms with van der Waals surface area (Å²) >= 11 is 5.95. The Labute approximate surface area is 149 Å². The van der Waals surface area contributed by atoms with Gasteiger partial charge in [0, 0.05) is 25.0 Å². The highest BCUT2D eigenvalue weighted by Crippen LogP contribution is 2.22. The molecule has 0 bridgehead atoms. The van der Waals surface area contributed by atoms with Crippen molar-refractivity contribution in [3.05, 3.63) is 87.9 Å². The van der Waals surface area contributed by atoms with Gasteiger partial charge in [0.1, 0.15) is 5.65 Å². The molecule has 0 unspecified atom stereocenters. The lowest BCUT2D eigenvalue weighted by atomic mass is 10.1. The molecular weight excluding hydrogens is 334 g/mol. The molecule has 5 heteroatoms. The average Bonchev–Trinajstić information content (AvgIpc) is 2.62. The molecule has 25 heavy (non-hydrogen) atoms. The highest BCUT2D eigenvalue weighted by atomic mass is 35.5. The Balaban J connectivity index is 1.67. The summed E-state index contributed by atoms with van der Waals surface area (Å²) in [5.41, 5.74) is 2.27. The zero-order chi connectivity index (χ0) is 17.4. The Morgan fingerprint density at radius 1 is 1.04 bits per heavy atom. The van der Waals surface area contributed by atoms with Crippen molar-refractivity contribution < 1.29 is 0 Å². The van der Waals surface area contributed by atoms with E-state index in [-0.39, 0.29) is 5.56 Å². The molecule has 2 aromatic carbocycles.